The summed E-state index contributed by atoms with van der Waals surface area (Å²) in [6.07, 6.45) is 1.06. The van der Waals surface area contributed by atoms with Crippen molar-refractivity contribution in [3.8, 4) is 5.75 Å². The molecule has 0 aliphatic heterocycles. The average molecular weight is 493 g/mol. The van der Waals surface area contributed by atoms with Crippen molar-refractivity contribution in [3.05, 3.63) is 60.2 Å². The third kappa shape index (κ3) is 7.21. The Balaban J connectivity index is 1.64. The van der Waals surface area contributed by atoms with Crippen LogP contribution < -0.4 is 14.4 Å². The Hall–Kier alpha value is -2.63. The molecule has 0 atom stereocenters. The minimum atomic E-state index is -3.69. The van der Waals surface area contributed by atoms with Crippen LogP contribution in [0.3, 0.4) is 0 Å². The van der Waals surface area contributed by atoms with E-state index in [0.29, 0.717) is 28.4 Å². The van der Waals surface area contributed by atoms with Crippen molar-refractivity contribution in [1.29, 1.82) is 0 Å². The van der Waals surface area contributed by atoms with Gasteiger partial charge in [0.2, 0.25) is 21.1 Å². The molecule has 0 radical (unpaired) electrons. The molecule has 0 spiro atoms. The molecule has 3 aromatic rings. The monoisotopic (exact) mass is 492 g/mol. The fourth-order valence-electron chi connectivity index (χ4n) is 2.65. The van der Waals surface area contributed by atoms with Crippen molar-refractivity contribution in [2.45, 2.75) is 30.0 Å². The maximum Gasteiger partial charge on any atom is 0.246 e. The van der Waals surface area contributed by atoms with Crippen LogP contribution in [-0.4, -0.2) is 42.6 Å². The number of nitrogens with zero attached hydrogens (tertiary/aromatic N) is 3. The minimum Gasteiger partial charge on any atom is -0.489 e. The van der Waals surface area contributed by atoms with Crippen molar-refractivity contribution >= 4 is 49.8 Å². The van der Waals surface area contributed by atoms with Gasteiger partial charge < -0.3 is 4.74 Å². The third-order valence-electron chi connectivity index (χ3n) is 4.05. The molecule has 0 aliphatic carbocycles. The van der Waals surface area contributed by atoms with Gasteiger partial charge in [-0.05, 0) is 29.8 Å². The Labute approximate surface area is 196 Å². The molecule has 0 bridgehead atoms. The van der Waals surface area contributed by atoms with Gasteiger partial charge in [-0.25, -0.2) is 8.42 Å². The van der Waals surface area contributed by atoms with Crippen molar-refractivity contribution in [2.24, 2.45) is 0 Å². The van der Waals surface area contributed by atoms with E-state index in [1.165, 1.54) is 11.3 Å². The Bertz CT molecular complexity index is 1130. The Morgan fingerprint density at radius 1 is 1.12 bits per heavy atom. The summed E-state index contributed by atoms with van der Waals surface area (Å²) in [6.45, 7) is 4.09. The first kappa shape index (κ1) is 24.0. The van der Waals surface area contributed by atoms with Crippen molar-refractivity contribution in [3.63, 3.8) is 0 Å². The Kier molecular flexibility index (Phi) is 8.10. The normalized spacial score (nSPS) is 11.4. The van der Waals surface area contributed by atoms with E-state index in [9.17, 15) is 13.2 Å². The molecular weight excluding hydrogens is 468 g/mol. The zero-order chi connectivity index (χ0) is 23.1. The fraction of sp³-hybridized carbons (Fsp3) is 0.286. The molecule has 32 heavy (non-hydrogen) atoms. The van der Waals surface area contributed by atoms with Crippen LogP contribution in [0.15, 0.2) is 58.9 Å². The maximum atomic E-state index is 12.5. The Morgan fingerprint density at radius 3 is 2.44 bits per heavy atom. The summed E-state index contributed by atoms with van der Waals surface area (Å²) in [7, 11) is -3.69. The molecule has 1 N–H and O–H groups in total. The van der Waals surface area contributed by atoms with Crippen LogP contribution in [0.4, 0.5) is 10.8 Å². The van der Waals surface area contributed by atoms with Gasteiger partial charge >= 0.3 is 0 Å². The summed E-state index contributed by atoms with van der Waals surface area (Å²) in [5.41, 5.74) is 1.39. The van der Waals surface area contributed by atoms with Gasteiger partial charge in [0, 0.05) is 5.25 Å². The molecule has 1 aromatic heterocycles. The molecule has 2 aromatic carbocycles. The highest BCUT2D eigenvalue weighted by Crippen LogP contribution is 2.28. The number of benzene rings is 2. The van der Waals surface area contributed by atoms with Crippen molar-refractivity contribution < 1.29 is 17.9 Å². The van der Waals surface area contributed by atoms with Crippen LogP contribution in [0.25, 0.3) is 0 Å². The minimum absolute atomic E-state index is 0.330. The van der Waals surface area contributed by atoms with Crippen LogP contribution in [0.5, 0.6) is 5.75 Å². The summed E-state index contributed by atoms with van der Waals surface area (Å²) >= 11 is 2.79. The largest absolute Gasteiger partial charge is 0.489 e. The number of aromatic nitrogens is 2. The van der Waals surface area contributed by atoms with E-state index in [0.717, 1.165) is 20.5 Å². The molecule has 0 unspecified atom stereocenters. The Morgan fingerprint density at radius 2 is 1.81 bits per heavy atom. The van der Waals surface area contributed by atoms with E-state index < -0.39 is 15.9 Å². The number of anilines is 2. The number of carbonyl (C=O) groups excluding carboxylic acids is 1. The summed E-state index contributed by atoms with van der Waals surface area (Å²) in [5.74, 6) is 0.0941. The number of thioether (sulfide) groups is 1. The van der Waals surface area contributed by atoms with E-state index in [2.05, 4.69) is 15.5 Å². The molecule has 11 heteroatoms. The number of carbonyl (C=O) groups is 1. The van der Waals surface area contributed by atoms with E-state index in [1.54, 1.807) is 36.0 Å². The third-order valence-corrected chi connectivity index (χ3v) is 7.12. The van der Waals surface area contributed by atoms with Crippen molar-refractivity contribution in [2.75, 3.05) is 22.4 Å². The average Bonchev–Trinajstić information content (AvgIpc) is 3.17. The fourth-order valence-corrected chi connectivity index (χ4v) is 5.50. The molecule has 170 valence electrons. The highest BCUT2D eigenvalue weighted by molar-refractivity contribution is 8.01. The molecule has 8 nitrogen and oxygen atoms in total. The van der Waals surface area contributed by atoms with Crippen molar-refractivity contribution in [1.82, 2.24) is 10.2 Å². The molecule has 0 saturated carbocycles. The lowest BCUT2D eigenvalue weighted by atomic mass is 10.2. The van der Waals surface area contributed by atoms with Gasteiger partial charge in [-0.1, -0.05) is 67.3 Å². The zero-order valence-corrected chi connectivity index (χ0v) is 20.3. The summed E-state index contributed by atoms with van der Waals surface area (Å²) in [5, 5.41) is 11.2. The second-order valence-corrected chi connectivity index (χ2v) is 11.8. The van der Waals surface area contributed by atoms with Gasteiger partial charge in [0.05, 0.1) is 11.9 Å². The second-order valence-electron chi connectivity index (χ2n) is 7.13. The van der Waals surface area contributed by atoms with Crippen LogP contribution in [0, 0.1) is 0 Å². The number of rotatable bonds is 10. The number of hydrogen-bond acceptors (Lipinski definition) is 8. The lowest BCUT2D eigenvalue weighted by molar-refractivity contribution is -0.114. The topological polar surface area (TPSA) is 101 Å². The number of nitrogens with one attached hydrogen (secondary N) is 1. The molecule has 0 fully saturated rings. The van der Waals surface area contributed by atoms with Gasteiger partial charge in [-0.2, -0.15) is 0 Å². The van der Waals surface area contributed by atoms with E-state index >= 15 is 0 Å². The molecule has 0 saturated heterocycles. The summed E-state index contributed by atoms with van der Waals surface area (Å²) in [6, 6.07) is 16.3. The first-order valence-electron chi connectivity index (χ1n) is 9.75. The van der Waals surface area contributed by atoms with Gasteiger partial charge in [-0.3, -0.25) is 14.4 Å². The van der Waals surface area contributed by atoms with Crippen LogP contribution >= 0.6 is 23.1 Å². The maximum absolute atomic E-state index is 12.5. The molecule has 3 rings (SSSR count). The second kappa shape index (κ2) is 10.8. The SMILES string of the molecule is CC(C)Sc1nnc(NC(=O)CN(c2ccc(OCc3ccccc3)cc2)S(C)(=O)=O)s1. The van der Waals surface area contributed by atoms with Crippen LogP contribution in [0.1, 0.15) is 19.4 Å². The smallest absolute Gasteiger partial charge is 0.246 e. The predicted molar refractivity (Wildman–Crippen MR) is 129 cm³/mol. The van der Waals surface area contributed by atoms with Gasteiger partial charge in [0.15, 0.2) is 4.34 Å². The molecule has 1 amide bonds. The highest BCUT2D eigenvalue weighted by Gasteiger charge is 2.22. The summed E-state index contributed by atoms with van der Waals surface area (Å²) < 4.78 is 32.2. The summed E-state index contributed by atoms with van der Waals surface area (Å²) in [4.78, 5) is 12.5. The van der Waals surface area contributed by atoms with Gasteiger partial charge in [-0.15, -0.1) is 10.2 Å². The lowest BCUT2D eigenvalue weighted by Gasteiger charge is -2.21. The number of amides is 1. The van der Waals surface area contributed by atoms with Gasteiger partial charge in [0.1, 0.15) is 18.9 Å². The molecule has 1 heterocycles. The molecular formula is C21H24N4O4S3. The standard InChI is InChI=1S/C21H24N4O4S3/c1-15(2)30-21-24-23-20(31-21)22-19(26)13-25(32(3,27)28)17-9-11-18(12-10-17)29-14-16-7-5-4-6-8-16/h4-12,15H,13-14H2,1-3H3,(H,22,23,26). The first-order valence-corrected chi connectivity index (χ1v) is 13.3. The van der Waals surface area contributed by atoms with Crippen LogP contribution in [-0.2, 0) is 21.4 Å². The highest BCUT2D eigenvalue weighted by atomic mass is 32.2. The zero-order valence-electron chi connectivity index (χ0n) is 17.9. The van der Waals surface area contributed by atoms with E-state index in [-0.39, 0.29) is 6.54 Å². The van der Waals surface area contributed by atoms with E-state index in [4.69, 9.17) is 4.74 Å². The lowest BCUT2D eigenvalue weighted by Crippen LogP contribution is -2.37. The first-order chi connectivity index (χ1) is 15.2. The van der Waals surface area contributed by atoms with Gasteiger partial charge in [0.25, 0.3) is 0 Å². The number of ether oxygens (including phenoxy) is 1. The number of hydrogen-bond donors (Lipinski definition) is 1. The van der Waals surface area contributed by atoms with E-state index in [1.807, 2.05) is 44.2 Å². The molecule has 0 aliphatic rings. The quantitative estimate of drug-likeness (QED) is 0.337. The number of sulfonamides is 1. The predicted octanol–water partition coefficient (Wildman–Crippen LogP) is 4.02. The van der Waals surface area contributed by atoms with Crippen LogP contribution in [0.2, 0.25) is 0 Å².